The van der Waals surface area contributed by atoms with Crippen LogP contribution in [0.1, 0.15) is 65.0 Å². The fourth-order valence-corrected chi connectivity index (χ4v) is 3.61. The van der Waals surface area contributed by atoms with E-state index < -0.39 is 0 Å². The van der Waals surface area contributed by atoms with Gasteiger partial charge in [-0.25, -0.2) is 0 Å². The summed E-state index contributed by atoms with van der Waals surface area (Å²) in [5.74, 6) is 0. The summed E-state index contributed by atoms with van der Waals surface area (Å²) >= 11 is 0. The topological polar surface area (TPSA) is 21.3 Å². The van der Waals surface area contributed by atoms with Crippen LogP contribution in [0, 0.1) is 5.41 Å². The lowest BCUT2D eigenvalue weighted by Gasteiger charge is -2.48. The lowest BCUT2D eigenvalue weighted by atomic mass is 9.67. The molecule has 1 atom stereocenters. The van der Waals surface area contributed by atoms with E-state index in [2.05, 4.69) is 63.3 Å². The van der Waals surface area contributed by atoms with Crippen LogP contribution in [0.5, 0.6) is 0 Å². The molecule has 1 fully saturated rings. The van der Waals surface area contributed by atoms with Crippen LogP contribution in [0.4, 0.5) is 0 Å². The van der Waals surface area contributed by atoms with Crippen molar-refractivity contribution in [1.82, 2.24) is 5.32 Å². The minimum atomic E-state index is -0.0539. The Balaban J connectivity index is 2.29. The van der Waals surface area contributed by atoms with Crippen molar-refractivity contribution in [2.45, 2.75) is 65.0 Å². The molecule has 1 N–H and O–H groups in total. The van der Waals surface area contributed by atoms with Gasteiger partial charge < -0.3 is 10.1 Å². The van der Waals surface area contributed by atoms with Crippen LogP contribution in [0.15, 0.2) is 30.3 Å². The van der Waals surface area contributed by atoms with Crippen molar-refractivity contribution in [3.05, 3.63) is 35.9 Å². The Morgan fingerprint density at radius 3 is 2.19 bits per heavy atom. The van der Waals surface area contributed by atoms with Gasteiger partial charge in [-0.15, -0.1) is 0 Å². The summed E-state index contributed by atoms with van der Waals surface area (Å²) in [6.45, 7) is 10.8. The zero-order valence-electron chi connectivity index (χ0n) is 14.1. The minimum absolute atomic E-state index is 0.0539. The Hall–Kier alpha value is -0.860. The third-order valence-corrected chi connectivity index (χ3v) is 4.95. The minimum Gasteiger partial charge on any atom is -0.373 e. The molecule has 0 spiro atoms. The molecule has 1 unspecified atom stereocenters. The van der Waals surface area contributed by atoms with Crippen molar-refractivity contribution in [2.75, 3.05) is 13.2 Å². The maximum atomic E-state index is 6.37. The van der Waals surface area contributed by atoms with E-state index in [1.807, 2.05) is 0 Å². The Kier molecular flexibility index (Phi) is 5.45. The van der Waals surface area contributed by atoms with Gasteiger partial charge in [0.2, 0.25) is 0 Å². The summed E-state index contributed by atoms with van der Waals surface area (Å²) in [4.78, 5) is 0. The Bertz CT molecular complexity index is 416. The number of hydrogen-bond donors (Lipinski definition) is 1. The molecule has 2 heteroatoms. The third-order valence-electron chi connectivity index (χ3n) is 4.95. The number of likely N-dealkylation sites (N-methyl/N-ethyl adjacent to an activating group) is 1. The molecule has 1 aliphatic carbocycles. The molecular weight excluding hydrogens is 258 g/mol. The predicted octanol–water partition coefficient (Wildman–Crippen LogP) is 4.71. The van der Waals surface area contributed by atoms with Gasteiger partial charge in [0, 0.05) is 6.61 Å². The highest BCUT2D eigenvalue weighted by molar-refractivity contribution is 5.23. The van der Waals surface area contributed by atoms with E-state index in [4.69, 9.17) is 4.74 Å². The van der Waals surface area contributed by atoms with Crippen LogP contribution in [-0.2, 0) is 4.74 Å². The fourth-order valence-electron chi connectivity index (χ4n) is 3.61. The van der Waals surface area contributed by atoms with Gasteiger partial charge in [-0.05, 0) is 50.1 Å². The number of rotatable bonds is 6. The average Bonchev–Trinajstić information content (AvgIpc) is 2.49. The average molecular weight is 289 g/mol. The van der Waals surface area contributed by atoms with Gasteiger partial charge in [0.15, 0.2) is 0 Å². The quantitative estimate of drug-likeness (QED) is 0.818. The predicted molar refractivity (Wildman–Crippen MR) is 89.5 cm³/mol. The van der Waals surface area contributed by atoms with Crippen molar-refractivity contribution < 1.29 is 4.74 Å². The first-order chi connectivity index (χ1) is 10.0. The summed E-state index contributed by atoms with van der Waals surface area (Å²) in [7, 11) is 0. The molecule has 0 aromatic heterocycles. The van der Waals surface area contributed by atoms with Crippen LogP contribution in [0.2, 0.25) is 0 Å². The van der Waals surface area contributed by atoms with Gasteiger partial charge in [0.25, 0.3) is 0 Å². The molecule has 1 aromatic rings. The fraction of sp³-hybridized carbons (Fsp3) is 0.684. The lowest BCUT2D eigenvalue weighted by Crippen LogP contribution is -2.49. The molecule has 0 heterocycles. The lowest BCUT2D eigenvalue weighted by molar-refractivity contribution is -0.107. The SMILES string of the molecule is CCNC(c1ccccc1)C1(OCC)CCC(C)(C)CC1. The molecule has 118 valence electrons. The molecule has 21 heavy (non-hydrogen) atoms. The molecule has 0 aliphatic heterocycles. The Morgan fingerprint density at radius 2 is 1.67 bits per heavy atom. The van der Waals surface area contributed by atoms with Crippen molar-refractivity contribution in [3.8, 4) is 0 Å². The Morgan fingerprint density at radius 1 is 1.05 bits per heavy atom. The van der Waals surface area contributed by atoms with E-state index in [-0.39, 0.29) is 5.60 Å². The van der Waals surface area contributed by atoms with E-state index in [0.29, 0.717) is 11.5 Å². The van der Waals surface area contributed by atoms with E-state index in [1.54, 1.807) is 0 Å². The van der Waals surface area contributed by atoms with Crippen LogP contribution in [0.3, 0.4) is 0 Å². The molecule has 1 saturated carbocycles. The van der Waals surface area contributed by atoms with Crippen LogP contribution in [0.25, 0.3) is 0 Å². The zero-order valence-corrected chi connectivity index (χ0v) is 14.1. The van der Waals surface area contributed by atoms with Crippen molar-refractivity contribution >= 4 is 0 Å². The van der Waals surface area contributed by atoms with Gasteiger partial charge >= 0.3 is 0 Å². The molecule has 1 aliphatic rings. The maximum Gasteiger partial charge on any atom is 0.0876 e. The van der Waals surface area contributed by atoms with Gasteiger partial charge in [-0.1, -0.05) is 51.1 Å². The summed E-state index contributed by atoms with van der Waals surface area (Å²) in [6, 6.07) is 11.1. The van der Waals surface area contributed by atoms with Crippen LogP contribution >= 0.6 is 0 Å². The number of ether oxygens (including phenoxy) is 1. The summed E-state index contributed by atoms with van der Waals surface area (Å²) in [6.07, 6.45) is 4.75. The molecule has 2 nitrogen and oxygen atoms in total. The summed E-state index contributed by atoms with van der Waals surface area (Å²) in [5.41, 5.74) is 1.75. The standard InChI is InChI=1S/C19H31NO/c1-5-20-17(16-10-8-7-9-11-16)19(21-6-2)14-12-18(3,4)13-15-19/h7-11,17,20H,5-6,12-15H2,1-4H3. The number of benzene rings is 1. The molecule has 0 amide bonds. The van der Waals surface area contributed by atoms with Gasteiger partial charge in [-0.3, -0.25) is 0 Å². The second-order valence-corrected chi connectivity index (χ2v) is 7.06. The zero-order chi connectivity index (χ0) is 15.3. The second-order valence-electron chi connectivity index (χ2n) is 7.06. The number of hydrogen-bond acceptors (Lipinski definition) is 2. The molecule has 1 aromatic carbocycles. The molecular formula is C19H31NO. The largest absolute Gasteiger partial charge is 0.373 e. The van der Waals surface area contributed by atoms with E-state index in [1.165, 1.54) is 18.4 Å². The Labute approximate surface area is 130 Å². The van der Waals surface area contributed by atoms with Crippen LogP contribution in [-0.4, -0.2) is 18.8 Å². The monoisotopic (exact) mass is 289 g/mol. The van der Waals surface area contributed by atoms with Gasteiger partial charge in [0.05, 0.1) is 11.6 Å². The van der Waals surface area contributed by atoms with Gasteiger partial charge in [-0.2, -0.15) is 0 Å². The van der Waals surface area contributed by atoms with Crippen molar-refractivity contribution in [2.24, 2.45) is 5.41 Å². The molecule has 0 bridgehead atoms. The highest BCUT2D eigenvalue weighted by Gasteiger charge is 2.45. The maximum absolute atomic E-state index is 6.37. The van der Waals surface area contributed by atoms with Crippen LogP contribution < -0.4 is 5.32 Å². The number of nitrogens with one attached hydrogen (secondary N) is 1. The van der Waals surface area contributed by atoms with E-state index in [0.717, 1.165) is 26.0 Å². The first-order valence-corrected chi connectivity index (χ1v) is 8.45. The van der Waals surface area contributed by atoms with E-state index >= 15 is 0 Å². The highest BCUT2D eigenvalue weighted by atomic mass is 16.5. The smallest absolute Gasteiger partial charge is 0.0876 e. The summed E-state index contributed by atoms with van der Waals surface area (Å²) in [5, 5.41) is 3.70. The van der Waals surface area contributed by atoms with E-state index in [9.17, 15) is 0 Å². The van der Waals surface area contributed by atoms with Crippen molar-refractivity contribution in [3.63, 3.8) is 0 Å². The second kappa shape index (κ2) is 6.93. The third kappa shape index (κ3) is 3.87. The molecule has 0 radical (unpaired) electrons. The normalized spacial score (nSPS) is 21.9. The highest BCUT2D eigenvalue weighted by Crippen LogP contribution is 2.47. The summed E-state index contributed by atoms with van der Waals surface area (Å²) < 4.78 is 6.37. The first-order valence-electron chi connectivity index (χ1n) is 8.45. The molecule has 2 rings (SSSR count). The molecule has 0 saturated heterocycles. The first kappa shape index (κ1) is 16.5. The van der Waals surface area contributed by atoms with Gasteiger partial charge in [0.1, 0.15) is 0 Å². The van der Waals surface area contributed by atoms with Crippen molar-refractivity contribution in [1.29, 1.82) is 0 Å².